The van der Waals surface area contributed by atoms with Crippen LogP contribution in [-0.4, -0.2) is 47.8 Å². The first kappa shape index (κ1) is 19.0. The third kappa shape index (κ3) is 5.36. The summed E-state index contributed by atoms with van der Waals surface area (Å²) in [6, 6.07) is 5.39. The van der Waals surface area contributed by atoms with E-state index in [4.69, 9.17) is 14.2 Å². The quantitative estimate of drug-likeness (QED) is 0.723. The lowest BCUT2D eigenvalue weighted by Gasteiger charge is -2.10. The molecule has 0 fully saturated rings. The molecule has 0 aliphatic carbocycles. The Bertz CT molecular complexity index is 761. The van der Waals surface area contributed by atoms with E-state index in [0.717, 1.165) is 5.56 Å². The maximum absolute atomic E-state index is 12.0. The summed E-state index contributed by atoms with van der Waals surface area (Å²) in [6.45, 7) is 2.23. The molecule has 10 nitrogen and oxygen atoms in total. The normalized spacial score (nSPS) is 10.1. The van der Waals surface area contributed by atoms with Gasteiger partial charge in [-0.3, -0.25) is 10.1 Å². The molecule has 1 aromatic carbocycles. The van der Waals surface area contributed by atoms with Crippen molar-refractivity contribution >= 4 is 17.8 Å². The van der Waals surface area contributed by atoms with E-state index < -0.39 is 6.09 Å². The van der Waals surface area contributed by atoms with Gasteiger partial charge in [0.1, 0.15) is 6.54 Å². The van der Waals surface area contributed by atoms with Crippen molar-refractivity contribution in [3.05, 3.63) is 30.0 Å². The van der Waals surface area contributed by atoms with Crippen molar-refractivity contribution < 1.29 is 23.8 Å². The van der Waals surface area contributed by atoms with Crippen LogP contribution in [0.25, 0.3) is 0 Å². The maximum atomic E-state index is 12.0. The molecule has 0 saturated heterocycles. The summed E-state index contributed by atoms with van der Waals surface area (Å²) in [5, 5.41) is 12.7. The number of hydrogen-bond donors (Lipinski definition) is 2. The van der Waals surface area contributed by atoms with E-state index >= 15 is 0 Å². The van der Waals surface area contributed by atoms with Crippen LogP contribution < -0.4 is 20.1 Å². The van der Waals surface area contributed by atoms with Crippen molar-refractivity contribution in [1.29, 1.82) is 0 Å². The van der Waals surface area contributed by atoms with Gasteiger partial charge in [-0.05, 0) is 24.6 Å². The summed E-state index contributed by atoms with van der Waals surface area (Å²) in [4.78, 5) is 23.3. The number of nitrogens with zero attached hydrogens (tertiary/aromatic N) is 3. The highest BCUT2D eigenvalue weighted by atomic mass is 16.5. The summed E-state index contributed by atoms with van der Waals surface area (Å²) >= 11 is 0. The number of ether oxygens (including phenoxy) is 3. The molecule has 0 bridgehead atoms. The van der Waals surface area contributed by atoms with Crippen LogP contribution >= 0.6 is 0 Å². The monoisotopic (exact) mass is 363 g/mol. The minimum Gasteiger partial charge on any atom is -0.493 e. The van der Waals surface area contributed by atoms with Crippen molar-refractivity contribution in [2.24, 2.45) is 0 Å². The standard InChI is InChI=1S/C16H21N5O5/c1-4-26-16(23)18-14-9-21(20-19-14)10-15(22)17-8-11-5-6-12(24-2)13(7-11)25-3/h5-7,9H,4,8,10H2,1-3H3,(H,17,22)(H,18,23). The number of rotatable bonds is 8. The number of carbonyl (C=O) groups is 2. The third-order valence-electron chi connectivity index (χ3n) is 3.29. The fourth-order valence-electron chi connectivity index (χ4n) is 2.10. The zero-order chi connectivity index (χ0) is 18.9. The molecule has 0 aliphatic heterocycles. The zero-order valence-corrected chi connectivity index (χ0v) is 14.8. The van der Waals surface area contributed by atoms with Gasteiger partial charge in [0.15, 0.2) is 17.3 Å². The van der Waals surface area contributed by atoms with Crippen LogP contribution in [0.5, 0.6) is 11.5 Å². The highest BCUT2D eigenvalue weighted by molar-refractivity contribution is 5.83. The first-order chi connectivity index (χ1) is 12.5. The summed E-state index contributed by atoms with van der Waals surface area (Å²) in [7, 11) is 3.11. The van der Waals surface area contributed by atoms with Crippen LogP contribution in [0.15, 0.2) is 24.4 Å². The molecule has 2 aromatic rings. The van der Waals surface area contributed by atoms with Gasteiger partial charge in [0.2, 0.25) is 5.91 Å². The largest absolute Gasteiger partial charge is 0.493 e. The van der Waals surface area contributed by atoms with Crippen LogP contribution in [0, 0.1) is 0 Å². The second kappa shape index (κ2) is 9.25. The molecule has 0 spiro atoms. The molecule has 10 heteroatoms. The van der Waals surface area contributed by atoms with Gasteiger partial charge in [-0.25, -0.2) is 9.48 Å². The topological polar surface area (TPSA) is 117 Å². The Labute approximate surface area is 150 Å². The predicted molar refractivity (Wildman–Crippen MR) is 92.1 cm³/mol. The Morgan fingerprint density at radius 1 is 1.19 bits per heavy atom. The van der Waals surface area contributed by atoms with Gasteiger partial charge < -0.3 is 19.5 Å². The summed E-state index contributed by atoms with van der Waals surface area (Å²) < 4.78 is 16.4. The van der Waals surface area contributed by atoms with Gasteiger partial charge >= 0.3 is 6.09 Å². The van der Waals surface area contributed by atoms with E-state index in [1.807, 2.05) is 6.07 Å². The Hall–Kier alpha value is -3.30. The minimum absolute atomic E-state index is 0.0369. The number of anilines is 1. The fourth-order valence-corrected chi connectivity index (χ4v) is 2.10. The summed E-state index contributed by atoms with van der Waals surface area (Å²) in [5.41, 5.74) is 0.860. The van der Waals surface area contributed by atoms with Crippen LogP contribution in [0.4, 0.5) is 10.6 Å². The third-order valence-corrected chi connectivity index (χ3v) is 3.29. The SMILES string of the molecule is CCOC(=O)Nc1cn(CC(=O)NCc2ccc(OC)c(OC)c2)nn1. The van der Waals surface area contributed by atoms with Gasteiger partial charge in [-0.2, -0.15) is 0 Å². The Morgan fingerprint density at radius 2 is 1.96 bits per heavy atom. The van der Waals surface area contributed by atoms with E-state index in [2.05, 4.69) is 20.9 Å². The molecule has 140 valence electrons. The molecule has 0 unspecified atom stereocenters. The number of benzene rings is 1. The number of aromatic nitrogens is 3. The molecule has 0 saturated carbocycles. The lowest BCUT2D eigenvalue weighted by molar-refractivity contribution is -0.122. The van der Waals surface area contributed by atoms with E-state index in [1.54, 1.807) is 33.3 Å². The molecule has 1 heterocycles. The van der Waals surface area contributed by atoms with E-state index in [9.17, 15) is 9.59 Å². The number of carbonyl (C=O) groups excluding carboxylic acids is 2. The Morgan fingerprint density at radius 3 is 2.65 bits per heavy atom. The molecule has 2 amide bonds. The lowest BCUT2D eigenvalue weighted by atomic mass is 10.2. The molecule has 1 aromatic heterocycles. The maximum Gasteiger partial charge on any atom is 0.412 e. The van der Waals surface area contributed by atoms with Gasteiger partial charge in [0.05, 0.1) is 27.0 Å². The van der Waals surface area contributed by atoms with Crippen molar-refractivity contribution in [2.45, 2.75) is 20.0 Å². The minimum atomic E-state index is -0.627. The first-order valence-electron chi connectivity index (χ1n) is 7.87. The molecule has 26 heavy (non-hydrogen) atoms. The zero-order valence-electron chi connectivity index (χ0n) is 14.8. The fraction of sp³-hybridized carbons (Fsp3) is 0.375. The lowest BCUT2D eigenvalue weighted by Crippen LogP contribution is -2.27. The second-order valence-corrected chi connectivity index (χ2v) is 5.11. The van der Waals surface area contributed by atoms with E-state index in [0.29, 0.717) is 18.0 Å². The van der Waals surface area contributed by atoms with E-state index in [-0.39, 0.29) is 24.9 Å². The van der Waals surface area contributed by atoms with Crippen LogP contribution in [0.1, 0.15) is 12.5 Å². The van der Waals surface area contributed by atoms with Crippen LogP contribution in [-0.2, 0) is 22.6 Å². The van der Waals surface area contributed by atoms with Crippen molar-refractivity contribution in [2.75, 3.05) is 26.1 Å². The Balaban J connectivity index is 1.85. The first-order valence-corrected chi connectivity index (χ1v) is 7.87. The van der Waals surface area contributed by atoms with Gasteiger partial charge in [0.25, 0.3) is 0 Å². The molecule has 0 radical (unpaired) electrons. The highest BCUT2D eigenvalue weighted by Crippen LogP contribution is 2.27. The average molecular weight is 363 g/mol. The molecular formula is C16H21N5O5. The van der Waals surface area contributed by atoms with Crippen LogP contribution in [0.2, 0.25) is 0 Å². The second-order valence-electron chi connectivity index (χ2n) is 5.11. The number of nitrogens with one attached hydrogen (secondary N) is 2. The van der Waals surface area contributed by atoms with Crippen molar-refractivity contribution in [1.82, 2.24) is 20.3 Å². The smallest absolute Gasteiger partial charge is 0.412 e. The molecule has 2 N–H and O–H groups in total. The summed E-state index contributed by atoms with van der Waals surface area (Å²) in [6.07, 6.45) is 0.810. The summed E-state index contributed by atoms with van der Waals surface area (Å²) in [5.74, 6) is 1.15. The molecular weight excluding hydrogens is 342 g/mol. The highest BCUT2D eigenvalue weighted by Gasteiger charge is 2.10. The van der Waals surface area contributed by atoms with Gasteiger partial charge in [-0.1, -0.05) is 11.3 Å². The van der Waals surface area contributed by atoms with Gasteiger partial charge in [-0.15, -0.1) is 5.10 Å². The number of methoxy groups -OCH3 is 2. The van der Waals surface area contributed by atoms with Crippen LogP contribution in [0.3, 0.4) is 0 Å². The molecule has 0 atom stereocenters. The van der Waals surface area contributed by atoms with Crippen molar-refractivity contribution in [3.63, 3.8) is 0 Å². The van der Waals surface area contributed by atoms with E-state index in [1.165, 1.54) is 10.9 Å². The van der Waals surface area contributed by atoms with Gasteiger partial charge in [0, 0.05) is 6.54 Å². The number of amides is 2. The Kier molecular flexibility index (Phi) is 6.77. The van der Waals surface area contributed by atoms with Crippen molar-refractivity contribution in [3.8, 4) is 11.5 Å². The molecule has 2 rings (SSSR count). The number of hydrogen-bond acceptors (Lipinski definition) is 7. The predicted octanol–water partition coefficient (Wildman–Crippen LogP) is 1.18. The average Bonchev–Trinajstić information content (AvgIpc) is 3.06. The molecule has 0 aliphatic rings.